The fraction of sp³-hybridized carbons (Fsp3) is 0.308. The number of hydrogen-bond donors (Lipinski definition) is 1. The minimum atomic E-state index is 0.530. The lowest BCUT2D eigenvalue weighted by molar-refractivity contribution is 0.316. The van der Waals surface area contributed by atoms with Crippen LogP contribution in [0.2, 0.25) is 0 Å². The summed E-state index contributed by atoms with van der Waals surface area (Å²) in [6.07, 6.45) is 4.42. The fourth-order valence-corrected chi connectivity index (χ4v) is 1.66. The molecule has 5 heteroatoms. The van der Waals surface area contributed by atoms with Crippen LogP contribution >= 0.6 is 0 Å². The maximum Gasteiger partial charge on any atom is 0.145 e. The second-order valence-corrected chi connectivity index (χ2v) is 3.96. The second kappa shape index (κ2) is 5.44. The van der Waals surface area contributed by atoms with Crippen molar-refractivity contribution in [1.82, 2.24) is 9.55 Å². The first-order chi connectivity index (χ1) is 8.70. The lowest BCUT2D eigenvalue weighted by atomic mass is 10.3. The Balaban J connectivity index is 1.96. The Labute approximate surface area is 106 Å². The number of benzene rings is 1. The van der Waals surface area contributed by atoms with Crippen molar-refractivity contribution in [2.24, 2.45) is 7.05 Å². The summed E-state index contributed by atoms with van der Waals surface area (Å²) in [5.41, 5.74) is 6.44. The van der Waals surface area contributed by atoms with Gasteiger partial charge in [0.1, 0.15) is 17.3 Å². The predicted octanol–water partition coefficient (Wildman–Crippen LogP) is 1.63. The SMILES string of the molecule is COc1ccc(N)c(OCCc2nccn2C)c1. The molecule has 2 aromatic rings. The number of methoxy groups -OCH3 is 1. The maximum atomic E-state index is 5.83. The van der Waals surface area contributed by atoms with Gasteiger partial charge in [-0.15, -0.1) is 0 Å². The normalized spacial score (nSPS) is 10.3. The minimum absolute atomic E-state index is 0.530. The Hall–Kier alpha value is -2.17. The van der Waals surface area contributed by atoms with E-state index in [1.165, 1.54) is 0 Å². The lowest BCUT2D eigenvalue weighted by Gasteiger charge is -2.10. The van der Waals surface area contributed by atoms with Crippen LogP contribution < -0.4 is 15.2 Å². The zero-order valence-corrected chi connectivity index (χ0v) is 10.6. The summed E-state index contributed by atoms with van der Waals surface area (Å²) in [5.74, 6) is 2.36. The Morgan fingerprint density at radius 1 is 1.39 bits per heavy atom. The minimum Gasteiger partial charge on any atom is -0.497 e. The van der Waals surface area contributed by atoms with Gasteiger partial charge >= 0.3 is 0 Å². The highest BCUT2D eigenvalue weighted by Crippen LogP contribution is 2.26. The van der Waals surface area contributed by atoms with Gasteiger partial charge < -0.3 is 19.8 Å². The number of imidazole rings is 1. The summed E-state index contributed by atoms with van der Waals surface area (Å²) >= 11 is 0. The molecule has 0 radical (unpaired) electrons. The average molecular weight is 247 g/mol. The number of nitrogens with zero attached hydrogens (tertiary/aromatic N) is 2. The molecule has 0 aliphatic carbocycles. The van der Waals surface area contributed by atoms with Gasteiger partial charge in [-0.05, 0) is 12.1 Å². The molecule has 0 aliphatic rings. The number of hydrogen-bond acceptors (Lipinski definition) is 4. The average Bonchev–Trinajstić information content (AvgIpc) is 2.77. The van der Waals surface area contributed by atoms with Crippen molar-refractivity contribution in [3.63, 3.8) is 0 Å². The first-order valence-electron chi connectivity index (χ1n) is 5.73. The summed E-state index contributed by atoms with van der Waals surface area (Å²) < 4.78 is 12.7. The van der Waals surface area contributed by atoms with Crippen LogP contribution in [-0.2, 0) is 13.5 Å². The Kier molecular flexibility index (Phi) is 3.72. The molecule has 2 rings (SSSR count). The van der Waals surface area contributed by atoms with E-state index in [-0.39, 0.29) is 0 Å². The van der Waals surface area contributed by atoms with Gasteiger partial charge in [-0.1, -0.05) is 0 Å². The molecule has 0 saturated heterocycles. The van der Waals surface area contributed by atoms with Crippen LogP contribution in [0.4, 0.5) is 5.69 Å². The van der Waals surface area contributed by atoms with Crippen LogP contribution in [0.15, 0.2) is 30.6 Å². The zero-order valence-electron chi connectivity index (χ0n) is 10.6. The van der Waals surface area contributed by atoms with Crippen molar-refractivity contribution in [1.29, 1.82) is 0 Å². The highest BCUT2D eigenvalue weighted by Gasteiger charge is 2.04. The second-order valence-electron chi connectivity index (χ2n) is 3.96. The largest absolute Gasteiger partial charge is 0.497 e. The van der Waals surface area contributed by atoms with Crippen molar-refractivity contribution in [3.05, 3.63) is 36.4 Å². The predicted molar refractivity (Wildman–Crippen MR) is 69.8 cm³/mol. The third kappa shape index (κ3) is 2.74. The molecule has 5 nitrogen and oxygen atoms in total. The molecule has 18 heavy (non-hydrogen) atoms. The molecule has 0 amide bonds. The fourth-order valence-electron chi connectivity index (χ4n) is 1.66. The molecule has 0 fully saturated rings. The summed E-state index contributed by atoms with van der Waals surface area (Å²) in [5, 5.41) is 0. The van der Waals surface area contributed by atoms with Gasteiger partial charge in [-0.3, -0.25) is 0 Å². The summed E-state index contributed by atoms with van der Waals surface area (Å²) in [4.78, 5) is 4.23. The van der Waals surface area contributed by atoms with E-state index in [9.17, 15) is 0 Å². The standard InChI is InChI=1S/C13H17N3O2/c1-16-7-6-15-13(16)5-8-18-12-9-10(17-2)3-4-11(12)14/h3-4,6-7,9H,5,8,14H2,1-2H3. The Bertz CT molecular complexity index is 523. The third-order valence-corrected chi connectivity index (χ3v) is 2.72. The van der Waals surface area contributed by atoms with Gasteiger partial charge in [0, 0.05) is 31.9 Å². The molecule has 96 valence electrons. The van der Waals surface area contributed by atoms with Crippen molar-refractivity contribution < 1.29 is 9.47 Å². The van der Waals surface area contributed by atoms with Crippen LogP contribution in [0.3, 0.4) is 0 Å². The number of aryl methyl sites for hydroxylation is 1. The van der Waals surface area contributed by atoms with Crippen LogP contribution in [0, 0.1) is 0 Å². The van der Waals surface area contributed by atoms with E-state index in [4.69, 9.17) is 15.2 Å². The van der Waals surface area contributed by atoms with E-state index in [0.29, 0.717) is 18.0 Å². The van der Waals surface area contributed by atoms with Gasteiger partial charge in [0.15, 0.2) is 0 Å². The molecule has 0 unspecified atom stereocenters. The van der Waals surface area contributed by atoms with Crippen LogP contribution in [-0.4, -0.2) is 23.3 Å². The molecule has 1 aromatic carbocycles. The van der Waals surface area contributed by atoms with Gasteiger partial charge in [0.2, 0.25) is 0 Å². The monoisotopic (exact) mass is 247 g/mol. The van der Waals surface area contributed by atoms with Crippen molar-refractivity contribution in [2.75, 3.05) is 19.5 Å². The van der Waals surface area contributed by atoms with Crippen molar-refractivity contribution in [3.8, 4) is 11.5 Å². The summed E-state index contributed by atoms with van der Waals surface area (Å²) in [6.45, 7) is 0.530. The Morgan fingerprint density at radius 2 is 2.22 bits per heavy atom. The van der Waals surface area contributed by atoms with Crippen LogP contribution in [0.25, 0.3) is 0 Å². The highest BCUT2D eigenvalue weighted by molar-refractivity contribution is 5.55. The number of rotatable bonds is 5. The molecule has 0 atom stereocenters. The molecule has 0 saturated carbocycles. The van der Waals surface area contributed by atoms with Gasteiger partial charge in [-0.25, -0.2) is 4.98 Å². The van der Waals surface area contributed by atoms with E-state index in [1.54, 1.807) is 31.5 Å². The van der Waals surface area contributed by atoms with Gasteiger partial charge in [-0.2, -0.15) is 0 Å². The summed E-state index contributed by atoms with van der Waals surface area (Å²) in [6, 6.07) is 5.36. The lowest BCUT2D eigenvalue weighted by Crippen LogP contribution is -2.07. The van der Waals surface area contributed by atoms with E-state index in [2.05, 4.69) is 4.98 Å². The van der Waals surface area contributed by atoms with Gasteiger partial charge in [0.25, 0.3) is 0 Å². The number of anilines is 1. The van der Waals surface area contributed by atoms with Gasteiger partial charge in [0.05, 0.1) is 19.4 Å². The highest BCUT2D eigenvalue weighted by atomic mass is 16.5. The molecule has 1 aromatic heterocycles. The molecule has 0 bridgehead atoms. The number of nitrogens with two attached hydrogens (primary N) is 1. The number of ether oxygens (including phenoxy) is 2. The molecule has 2 N–H and O–H groups in total. The molecule has 1 heterocycles. The Morgan fingerprint density at radius 3 is 2.89 bits per heavy atom. The number of nitrogen functional groups attached to an aromatic ring is 1. The maximum absolute atomic E-state index is 5.83. The van der Waals surface area contributed by atoms with E-state index < -0.39 is 0 Å². The molecular weight excluding hydrogens is 230 g/mol. The van der Waals surface area contributed by atoms with E-state index in [0.717, 1.165) is 18.0 Å². The van der Waals surface area contributed by atoms with E-state index in [1.807, 2.05) is 17.8 Å². The first-order valence-corrected chi connectivity index (χ1v) is 5.73. The topological polar surface area (TPSA) is 62.3 Å². The smallest absolute Gasteiger partial charge is 0.145 e. The third-order valence-electron chi connectivity index (χ3n) is 2.72. The summed E-state index contributed by atoms with van der Waals surface area (Å²) in [7, 11) is 3.57. The first kappa shape index (κ1) is 12.3. The number of aromatic nitrogens is 2. The molecule has 0 spiro atoms. The van der Waals surface area contributed by atoms with Crippen LogP contribution in [0.5, 0.6) is 11.5 Å². The van der Waals surface area contributed by atoms with E-state index >= 15 is 0 Å². The quantitative estimate of drug-likeness (QED) is 0.816. The molecular formula is C13H17N3O2. The molecule has 0 aliphatic heterocycles. The van der Waals surface area contributed by atoms with Crippen molar-refractivity contribution >= 4 is 5.69 Å². The zero-order chi connectivity index (χ0) is 13.0. The van der Waals surface area contributed by atoms with Crippen LogP contribution in [0.1, 0.15) is 5.82 Å². The van der Waals surface area contributed by atoms with Crippen molar-refractivity contribution in [2.45, 2.75) is 6.42 Å².